The molecule has 0 saturated heterocycles. The highest BCUT2D eigenvalue weighted by Gasteiger charge is 2.26. The molecule has 0 aliphatic rings. The van der Waals surface area contributed by atoms with Crippen LogP contribution >= 0.6 is 0 Å². The number of hydrogen-bond donors (Lipinski definition) is 3. The SMILES string of the molecule is COC(=O)C(O)C(O)c1cccc(N)c1. The lowest BCUT2D eigenvalue weighted by molar-refractivity contribution is -0.156. The first-order valence-corrected chi connectivity index (χ1v) is 4.35. The molecular formula is C10H13NO4. The number of aliphatic hydroxyl groups excluding tert-OH is 2. The van der Waals surface area contributed by atoms with Crippen molar-refractivity contribution in [3.05, 3.63) is 29.8 Å². The number of aliphatic hydroxyl groups is 2. The van der Waals surface area contributed by atoms with Gasteiger partial charge in [0.05, 0.1) is 7.11 Å². The van der Waals surface area contributed by atoms with Crippen LogP contribution in [0, 0.1) is 0 Å². The first kappa shape index (κ1) is 11.5. The molecule has 0 saturated carbocycles. The van der Waals surface area contributed by atoms with Crippen LogP contribution in [0.5, 0.6) is 0 Å². The number of methoxy groups -OCH3 is 1. The molecule has 0 aliphatic carbocycles. The van der Waals surface area contributed by atoms with Crippen molar-refractivity contribution in [1.82, 2.24) is 0 Å². The Morgan fingerprint density at radius 1 is 1.47 bits per heavy atom. The number of ether oxygens (including phenoxy) is 1. The first-order valence-electron chi connectivity index (χ1n) is 4.35. The van der Waals surface area contributed by atoms with Gasteiger partial charge < -0.3 is 20.7 Å². The molecule has 1 aromatic rings. The van der Waals surface area contributed by atoms with E-state index in [1.165, 1.54) is 6.07 Å². The fraction of sp³-hybridized carbons (Fsp3) is 0.300. The van der Waals surface area contributed by atoms with Gasteiger partial charge in [-0.1, -0.05) is 12.1 Å². The lowest BCUT2D eigenvalue weighted by Crippen LogP contribution is -2.29. The number of anilines is 1. The topological polar surface area (TPSA) is 92.8 Å². The zero-order valence-corrected chi connectivity index (χ0v) is 8.25. The molecule has 15 heavy (non-hydrogen) atoms. The molecule has 5 heteroatoms. The minimum atomic E-state index is -1.60. The van der Waals surface area contributed by atoms with Crippen molar-refractivity contribution in [2.24, 2.45) is 0 Å². The summed E-state index contributed by atoms with van der Waals surface area (Å²) in [6.07, 6.45) is -2.93. The van der Waals surface area contributed by atoms with E-state index in [2.05, 4.69) is 4.74 Å². The van der Waals surface area contributed by atoms with Crippen molar-refractivity contribution in [2.75, 3.05) is 12.8 Å². The normalized spacial score (nSPS) is 14.3. The van der Waals surface area contributed by atoms with Crippen LogP contribution in [-0.2, 0) is 9.53 Å². The van der Waals surface area contributed by atoms with Crippen LogP contribution in [0.15, 0.2) is 24.3 Å². The second-order valence-electron chi connectivity index (χ2n) is 3.08. The van der Waals surface area contributed by atoms with Gasteiger partial charge in [0.1, 0.15) is 6.10 Å². The fourth-order valence-corrected chi connectivity index (χ4v) is 1.17. The lowest BCUT2D eigenvalue weighted by atomic mass is 10.0. The molecule has 4 N–H and O–H groups in total. The van der Waals surface area contributed by atoms with Crippen molar-refractivity contribution in [3.63, 3.8) is 0 Å². The van der Waals surface area contributed by atoms with E-state index in [1.807, 2.05) is 0 Å². The maximum atomic E-state index is 10.9. The third-order valence-electron chi connectivity index (χ3n) is 1.99. The van der Waals surface area contributed by atoms with Crippen molar-refractivity contribution in [2.45, 2.75) is 12.2 Å². The number of esters is 1. The number of rotatable bonds is 3. The molecule has 0 aromatic heterocycles. The standard InChI is InChI=1S/C10H13NO4/c1-15-10(14)9(13)8(12)6-3-2-4-7(11)5-6/h2-5,8-9,12-13H,11H2,1H3. The highest BCUT2D eigenvalue weighted by atomic mass is 16.5. The van der Waals surface area contributed by atoms with Gasteiger partial charge in [-0.2, -0.15) is 0 Å². The first-order chi connectivity index (χ1) is 7.06. The fourth-order valence-electron chi connectivity index (χ4n) is 1.17. The highest BCUT2D eigenvalue weighted by molar-refractivity contribution is 5.75. The number of hydrogen-bond acceptors (Lipinski definition) is 5. The Kier molecular flexibility index (Phi) is 3.65. The summed E-state index contributed by atoms with van der Waals surface area (Å²) < 4.78 is 4.30. The molecule has 5 nitrogen and oxygen atoms in total. The van der Waals surface area contributed by atoms with E-state index in [4.69, 9.17) is 5.73 Å². The van der Waals surface area contributed by atoms with E-state index in [9.17, 15) is 15.0 Å². The predicted octanol–water partition coefficient (Wildman–Crippen LogP) is -0.164. The molecule has 2 unspecified atom stereocenters. The zero-order chi connectivity index (χ0) is 11.4. The molecule has 0 amide bonds. The summed E-state index contributed by atoms with van der Waals surface area (Å²) >= 11 is 0. The van der Waals surface area contributed by atoms with Crippen LogP contribution in [-0.4, -0.2) is 29.4 Å². The maximum Gasteiger partial charge on any atom is 0.337 e. The Morgan fingerprint density at radius 3 is 2.67 bits per heavy atom. The average molecular weight is 211 g/mol. The van der Waals surface area contributed by atoms with Crippen LogP contribution in [0.3, 0.4) is 0 Å². The van der Waals surface area contributed by atoms with Gasteiger partial charge in [0.15, 0.2) is 6.10 Å². The van der Waals surface area contributed by atoms with Crippen LogP contribution in [0.2, 0.25) is 0 Å². The second kappa shape index (κ2) is 4.77. The molecule has 0 bridgehead atoms. The number of carbonyl (C=O) groups is 1. The number of nitrogens with two attached hydrogens (primary N) is 1. The third kappa shape index (κ3) is 2.68. The maximum absolute atomic E-state index is 10.9. The summed E-state index contributed by atoms with van der Waals surface area (Å²) in [5.41, 5.74) is 6.31. The van der Waals surface area contributed by atoms with E-state index in [0.29, 0.717) is 11.3 Å². The monoisotopic (exact) mass is 211 g/mol. The number of nitrogen functional groups attached to an aromatic ring is 1. The van der Waals surface area contributed by atoms with Crippen molar-refractivity contribution >= 4 is 11.7 Å². The third-order valence-corrected chi connectivity index (χ3v) is 1.99. The molecule has 82 valence electrons. The van der Waals surface area contributed by atoms with Gasteiger partial charge >= 0.3 is 5.97 Å². The minimum Gasteiger partial charge on any atom is -0.467 e. The smallest absolute Gasteiger partial charge is 0.337 e. The van der Waals surface area contributed by atoms with E-state index in [1.54, 1.807) is 18.2 Å². The molecule has 0 aliphatic heterocycles. The lowest BCUT2D eigenvalue weighted by Gasteiger charge is -2.16. The van der Waals surface area contributed by atoms with Gasteiger partial charge in [0.2, 0.25) is 0 Å². The predicted molar refractivity (Wildman–Crippen MR) is 53.8 cm³/mol. The molecule has 1 rings (SSSR count). The Morgan fingerprint density at radius 2 is 2.13 bits per heavy atom. The Bertz CT molecular complexity index is 353. The highest BCUT2D eigenvalue weighted by Crippen LogP contribution is 2.19. The van der Waals surface area contributed by atoms with Crippen LogP contribution < -0.4 is 5.73 Å². The summed E-state index contributed by atoms with van der Waals surface area (Å²) in [5, 5.41) is 19.0. The Hall–Kier alpha value is -1.59. The summed E-state index contributed by atoms with van der Waals surface area (Å²) in [6, 6.07) is 6.31. The van der Waals surface area contributed by atoms with Crippen LogP contribution in [0.1, 0.15) is 11.7 Å². The van der Waals surface area contributed by atoms with Gasteiger partial charge in [-0.15, -0.1) is 0 Å². The summed E-state index contributed by atoms with van der Waals surface area (Å²) in [6.45, 7) is 0. The van der Waals surface area contributed by atoms with E-state index < -0.39 is 18.2 Å². The van der Waals surface area contributed by atoms with Gasteiger partial charge in [-0.3, -0.25) is 0 Å². The quantitative estimate of drug-likeness (QED) is 0.477. The molecule has 0 spiro atoms. The summed E-state index contributed by atoms with van der Waals surface area (Å²) in [4.78, 5) is 10.9. The van der Waals surface area contributed by atoms with Crippen molar-refractivity contribution < 1.29 is 19.7 Å². The molecule has 0 fully saturated rings. The Balaban J connectivity index is 2.84. The molecular weight excluding hydrogens is 198 g/mol. The van der Waals surface area contributed by atoms with Gasteiger partial charge in [0.25, 0.3) is 0 Å². The van der Waals surface area contributed by atoms with Crippen molar-refractivity contribution in [3.8, 4) is 0 Å². The van der Waals surface area contributed by atoms with Crippen LogP contribution in [0.25, 0.3) is 0 Å². The molecule has 2 atom stereocenters. The number of carbonyl (C=O) groups excluding carboxylic acids is 1. The Labute approximate surface area is 87.1 Å². The van der Waals surface area contributed by atoms with E-state index in [-0.39, 0.29) is 0 Å². The van der Waals surface area contributed by atoms with E-state index in [0.717, 1.165) is 7.11 Å². The van der Waals surface area contributed by atoms with Gasteiger partial charge in [0, 0.05) is 5.69 Å². The minimum absolute atomic E-state index is 0.368. The summed E-state index contributed by atoms with van der Waals surface area (Å²) in [7, 11) is 1.14. The molecule has 0 heterocycles. The number of benzene rings is 1. The molecule has 1 aromatic carbocycles. The molecule has 0 radical (unpaired) electrons. The largest absolute Gasteiger partial charge is 0.467 e. The second-order valence-corrected chi connectivity index (χ2v) is 3.08. The van der Waals surface area contributed by atoms with Gasteiger partial charge in [-0.25, -0.2) is 4.79 Å². The zero-order valence-electron chi connectivity index (χ0n) is 8.25. The summed E-state index contributed by atoms with van der Waals surface area (Å²) in [5.74, 6) is -0.884. The van der Waals surface area contributed by atoms with Crippen molar-refractivity contribution in [1.29, 1.82) is 0 Å². The van der Waals surface area contributed by atoms with E-state index >= 15 is 0 Å². The van der Waals surface area contributed by atoms with Crippen LogP contribution in [0.4, 0.5) is 5.69 Å². The van der Waals surface area contributed by atoms with Gasteiger partial charge in [-0.05, 0) is 17.7 Å². The average Bonchev–Trinajstić information content (AvgIpc) is 2.26.